The molecule has 0 spiro atoms. The minimum Gasteiger partial charge on any atom is -0.444 e. The minimum absolute atomic E-state index is 0.0119. The Hall–Kier alpha value is -15.2. The number of nitrogens with two attached hydrogens (primary N) is 1. The molecule has 0 radical (unpaired) electrons. The van der Waals surface area contributed by atoms with Gasteiger partial charge in [-0.1, -0.05) is 0 Å². The number of benzene rings is 4. The van der Waals surface area contributed by atoms with E-state index in [1.807, 2.05) is 23.6 Å². The maximum absolute atomic E-state index is 13.9. The van der Waals surface area contributed by atoms with Crippen molar-refractivity contribution in [3.8, 4) is 28.8 Å². The first kappa shape index (κ1) is 89.1. The summed E-state index contributed by atoms with van der Waals surface area (Å²) in [5.41, 5.74) is 6.01. The number of amides is 1. The minimum atomic E-state index is -4.89. The summed E-state index contributed by atoms with van der Waals surface area (Å²) in [5.74, 6) is 3.38. The zero-order valence-electron chi connectivity index (χ0n) is 67.0. The predicted octanol–water partition coefficient (Wildman–Crippen LogP) is 21.4. The molecule has 4 aromatic carbocycles. The average Bonchev–Trinajstić information content (AvgIpc) is 1.61. The number of nitrogens with zero attached hydrogens (tertiary/aromatic N) is 16. The van der Waals surface area contributed by atoms with Gasteiger partial charge in [-0.05, 0) is 187 Å². The molecule has 43 heteroatoms. The van der Waals surface area contributed by atoms with Crippen LogP contribution >= 0.6 is 0 Å². The van der Waals surface area contributed by atoms with Gasteiger partial charge in [0.1, 0.15) is 75.1 Å². The first-order valence-corrected chi connectivity index (χ1v) is 38.2. The number of carbonyl (C=O) groups is 1. The van der Waals surface area contributed by atoms with Crippen LogP contribution in [-0.2, 0) is 35.6 Å². The molecule has 0 bridgehead atoms. The molecular formula is C85H68F17N23O3. The van der Waals surface area contributed by atoms with Crippen LogP contribution in [0.2, 0.25) is 0 Å². The first-order valence-electron chi connectivity index (χ1n) is 38.2. The largest absolute Gasteiger partial charge is 0.444 e. The van der Waals surface area contributed by atoms with Crippen molar-refractivity contribution in [3.05, 3.63) is 270 Å². The lowest BCUT2D eigenvalue weighted by molar-refractivity contribution is -0.140. The Labute approximate surface area is 712 Å². The van der Waals surface area contributed by atoms with E-state index in [-0.39, 0.29) is 47.6 Å². The molecule has 26 nitrogen and oxygen atoms in total. The normalized spacial score (nSPS) is 12.5. The lowest BCUT2D eigenvalue weighted by atomic mass is 10.2. The Morgan fingerprint density at radius 1 is 0.461 bits per heavy atom. The molecule has 0 saturated heterocycles. The van der Waals surface area contributed by atoms with Crippen LogP contribution in [0.5, 0.6) is 0 Å². The number of carbonyl (C=O) groups excluding carboxylic acids is 1. The van der Waals surface area contributed by atoms with Gasteiger partial charge in [-0.25, -0.2) is 68.4 Å². The van der Waals surface area contributed by atoms with E-state index < -0.39 is 87.9 Å². The van der Waals surface area contributed by atoms with Crippen LogP contribution < -0.4 is 37.6 Å². The number of hydrogen-bond acceptors (Lipinski definition) is 21. The van der Waals surface area contributed by atoms with Crippen LogP contribution in [0, 0.1) is 25.5 Å². The SMILES string of the molecule is Cc1nc2ncccc2n1-c1cc(N)cc(Nc2ccc(C(F)(F)F)cc2)n1.Cc1nc2ncccc2n1-c1cc(NC(=O)OC(C)(C)C)cc(Nc2ccc(C(F)(F)F)cc2)n1.Fc1cnc2nc(C3CC3)n(-c3cncc(Nc4ccc(C(F)(F)F)cc4)n3)c2c1.OCCNc1cc(Nc2ccc(C(F)(F)F)cc2)nc(-c2c(C(F)(F)F)nc3ccc(F)cn23)c1. The summed E-state index contributed by atoms with van der Waals surface area (Å²) in [6, 6.07) is 37.7. The van der Waals surface area contributed by atoms with Crippen LogP contribution in [0.1, 0.15) is 85.0 Å². The topological polar surface area (TPSA) is 319 Å². The van der Waals surface area contributed by atoms with E-state index in [1.165, 1.54) is 67.0 Å². The molecule has 1 aliphatic carbocycles. The molecule has 660 valence electrons. The van der Waals surface area contributed by atoms with E-state index in [9.17, 15) is 79.4 Å². The van der Waals surface area contributed by atoms with E-state index in [0.717, 1.165) is 114 Å². The number of hydrogen-bond donors (Lipinski definition) is 8. The Morgan fingerprint density at radius 3 is 1.41 bits per heavy atom. The van der Waals surface area contributed by atoms with E-state index in [2.05, 4.69) is 91.7 Å². The number of ether oxygens (including phenoxy) is 1. The standard InChI is InChI=1S/C24H23F3N6O2.C22H16F7N5O.C20H14F4N6.C19H15F3N6/c1-14-29-21-18(6-5-11-28-21)33(14)20-13-17(31-22(34)35-23(2,3)4)12-19(32-20)30-16-9-7-15(8-10-16)24(25,26)27;23-13-3-6-18-33-20(22(27,28)29)19(34(18)11-13)16-9-15(30-7-8-35)10-17(32-16)31-14-4-1-12(2-5-14)21(24,25)26;21-13-7-15-18(26-8-13)29-19(11-1-2-11)30(15)17-10-25-9-16(28-17)27-14-5-3-12(4-6-14)20(22,23)24;1-11-25-18-15(3-2-8-24-18)28(11)17-10-13(23)9-16(27-17)26-14-6-4-12(5-7-14)19(20,21)22/h5-13H,1-4H3,(H2,30,31,32,34);1-6,9-11,35H,7-8H2,(H2,30,31,32);3-11H,1-2H2,(H,27,28);2-10H,1H3,(H3,23,26,27). The zero-order valence-corrected chi connectivity index (χ0v) is 67.0. The molecule has 128 heavy (non-hydrogen) atoms. The fraction of sp³-hybridized carbons (Fsp3) is 0.188. The van der Waals surface area contributed by atoms with E-state index in [1.54, 1.807) is 85.6 Å². The smallest absolute Gasteiger partial charge is 0.435 e. The fourth-order valence-corrected chi connectivity index (χ4v) is 12.9. The number of nitrogens with one attached hydrogen (secondary N) is 6. The third kappa shape index (κ3) is 21.6. The molecule has 1 aliphatic rings. The van der Waals surface area contributed by atoms with Gasteiger partial charge in [0.2, 0.25) is 0 Å². The quantitative estimate of drug-likeness (QED) is 0.0393. The van der Waals surface area contributed by atoms with Gasteiger partial charge in [-0.15, -0.1) is 0 Å². The number of aliphatic hydroxyl groups is 1. The second kappa shape index (κ2) is 35.8. The fourth-order valence-electron chi connectivity index (χ4n) is 12.9. The molecule has 16 aromatic rings. The second-order valence-electron chi connectivity index (χ2n) is 29.3. The molecule has 1 saturated carbocycles. The van der Waals surface area contributed by atoms with E-state index in [4.69, 9.17) is 15.6 Å². The van der Waals surface area contributed by atoms with Crippen molar-refractivity contribution < 1.29 is 89.3 Å². The van der Waals surface area contributed by atoms with Crippen LogP contribution in [0.25, 0.3) is 68.0 Å². The Bertz CT molecular complexity index is 6710. The number of halogens is 17. The van der Waals surface area contributed by atoms with Crippen LogP contribution in [0.15, 0.2) is 213 Å². The molecular weight excluding hydrogens is 1710 g/mol. The number of pyridine rings is 7. The molecule has 12 aromatic heterocycles. The summed E-state index contributed by atoms with van der Waals surface area (Å²) >= 11 is 0. The van der Waals surface area contributed by atoms with Crippen LogP contribution in [0.4, 0.5) is 143 Å². The molecule has 1 fully saturated rings. The molecule has 12 heterocycles. The maximum atomic E-state index is 13.9. The Balaban J connectivity index is 0.000000139. The van der Waals surface area contributed by atoms with Gasteiger partial charge in [-0.3, -0.25) is 28.4 Å². The van der Waals surface area contributed by atoms with Gasteiger partial charge in [-0.2, -0.15) is 65.9 Å². The number of fused-ring (bicyclic) bond motifs is 4. The van der Waals surface area contributed by atoms with Gasteiger partial charge in [0.05, 0.1) is 75.4 Å². The predicted molar refractivity (Wildman–Crippen MR) is 441 cm³/mol. The number of aryl methyl sites for hydroxylation is 2. The molecule has 9 N–H and O–H groups in total. The first-order chi connectivity index (χ1) is 60.5. The van der Waals surface area contributed by atoms with E-state index in [0.29, 0.717) is 103 Å². The lowest BCUT2D eigenvalue weighted by Gasteiger charge is -2.20. The van der Waals surface area contributed by atoms with E-state index >= 15 is 0 Å². The van der Waals surface area contributed by atoms with Gasteiger partial charge in [0.25, 0.3) is 0 Å². The number of anilines is 11. The van der Waals surface area contributed by atoms with Crippen molar-refractivity contribution in [2.24, 2.45) is 0 Å². The van der Waals surface area contributed by atoms with Gasteiger partial charge in [0.15, 0.2) is 34.3 Å². The number of aromatic nitrogens is 16. The monoisotopic (exact) mass is 1780 g/mol. The Kier molecular flexibility index (Phi) is 24.9. The van der Waals surface area contributed by atoms with Gasteiger partial charge in [0, 0.05) is 102 Å². The second-order valence-corrected chi connectivity index (χ2v) is 29.3. The van der Waals surface area contributed by atoms with Crippen LogP contribution in [0.3, 0.4) is 0 Å². The highest BCUT2D eigenvalue weighted by atomic mass is 19.4. The molecule has 0 unspecified atom stereocenters. The average molecular weight is 1780 g/mol. The van der Waals surface area contributed by atoms with Gasteiger partial charge >= 0.3 is 37.0 Å². The lowest BCUT2D eigenvalue weighted by Crippen LogP contribution is -2.27. The Morgan fingerprint density at radius 2 is 0.930 bits per heavy atom. The van der Waals surface area contributed by atoms with Crippen molar-refractivity contribution in [1.82, 2.24) is 77.9 Å². The van der Waals surface area contributed by atoms with Crippen molar-refractivity contribution in [3.63, 3.8) is 0 Å². The molecule has 1 amide bonds. The van der Waals surface area contributed by atoms with Crippen molar-refractivity contribution in [2.75, 3.05) is 50.8 Å². The zero-order chi connectivity index (χ0) is 91.5. The van der Waals surface area contributed by atoms with Crippen molar-refractivity contribution >= 4 is 108 Å². The number of rotatable bonds is 17. The summed E-state index contributed by atoms with van der Waals surface area (Å²) in [6.45, 7) is 8.63. The summed E-state index contributed by atoms with van der Waals surface area (Å²) in [4.78, 5) is 63.9. The third-order valence-electron chi connectivity index (χ3n) is 18.5. The summed E-state index contributed by atoms with van der Waals surface area (Å²) in [5, 5.41) is 26.3. The number of imidazole rings is 4. The number of aliphatic hydroxyl groups excluding tert-OH is 1. The highest BCUT2D eigenvalue weighted by molar-refractivity contribution is 5.87. The number of nitrogen functional groups attached to an aromatic ring is 1. The molecule has 0 aliphatic heterocycles. The van der Waals surface area contributed by atoms with Crippen molar-refractivity contribution in [1.29, 1.82) is 0 Å². The van der Waals surface area contributed by atoms with Crippen LogP contribution in [-0.4, -0.2) is 108 Å². The molecule has 17 rings (SSSR count). The number of alkyl halides is 15. The molecule has 0 atom stereocenters. The maximum Gasteiger partial charge on any atom is 0.435 e. The highest BCUT2D eigenvalue weighted by Crippen LogP contribution is 2.44. The summed E-state index contributed by atoms with van der Waals surface area (Å²) in [6.07, 6.45) is -13.1. The highest BCUT2D eigenvalue weighted by Gasteiger charge is 2.40. The third-order valence-corrected chi connectivity index (χ3v) is 18.5. The summed E-state index contributed by atoms with van der Waals surface area (Å²) in [7, 11) is 0. The van der Waals surface area contributed by atoms with Gasteiger partial charge < -0.3 is 42.2 Å². The summed E-state index contributed by atoms with van der Waals surface area (Å²) < 4.78 is 234. The van der Waals surface area contributed by atoms with Crippen molar-refractivity contribution in [2.45, 2.75) is 89.9 Å².